The zero-order valence-electron chi connectivity index (χ0n) is 9.34. The minimum absolute atomic E-state index is 0.00220. The van der Waals surface area contributed by atoms with Gasteiger partial charge in [0.15, 0.2) is 0 Å². The van der Waals surface area contributed by atoms with E-state index in [1.807, 2.05) is 20.8 Å². The number of rotatable bonds is 6. The molecule has 1 amide bonds. The Bertz CT molecular complexity index is 206. The van der Waals surface area contributed by atoms with Crippen molar-refractivity contribution in [3.05, 3.63) is 0 Å². The molecule has 1 N–H and O–H groups in total. The van der Waals surface area contributed by atoms with E-state index in [9.17, 15) is 4.79 Å². The summed E-state index contributed by atoms with van der Waals surface area (Å²) >= 11 is 0. The number of hydrogen-bond acceptors (Lipinski definition) is 2. The van der Waals surface area contributed by atoms with Crippen LogP contribution in [0.25, 0.3) is 0 Å². The fourth-order valence-corrected chi connectivity index (χ4v) is 1.19. The molecule has 0 aliphatic carbocycles. The van der Waals surface area contributed by atoms with E-state index in [0.29, 0.717) is 18.8 Å². The lowest BCUT2D eigenvalue weighted by Gasteiger charge is -2.11. The quantitative estimate of drug-likeness (QED) is 0.707. The Balaban J connectivity index is 3.70. The molecule has 0 aliphatic rings. The molecule has 1 atom stereocenters. The Kier molecular flexibility index (Phi) is 6.82. The van der Waals surface area contributed by atoms with Gasteiger partial charge >= 0.3 is 0 Å². The predicted octanol–water partition coefficient (Wildman–Crippen LogP) is 2.09. The molecule has 0 aromatic rings. The summed E-state index contributed by atoms with van der Waals surface area (Å²) in [5, 5.41) is 11.6. The molecule has 0 radical (unpaired) electrons. The number of amides is 1. The van der Waals surface area contributed by atoms with Gasteiger partial charge in [-0.05, 0) is 18.8 Å². The van der Waals surface area contributed by atoms with Gasteiger partial charge in [-0.15, -0.1) is 0 Å². The zero-order valence-corrected chi connectivity index (χ0v) is 9.34. The standard InChI is InChI=1S/C11H20N2O/c1-4-7-13-11(14)6-5-10(8-12)9(2)3/h9-10H,4-7H2,1-3H3,(H,13,14). The summed E-state index contributed by atoms with van der Waals surface area (Å²) in [5.74, 6) is 0.397. The van der Waals surface area contributed by atoms with Crippen molar-refractivity contribution in [2.45, 2.75) is 40.0 Å². The number of carbonyl (C=O) groups excluding carboxylic acids is 1. The van der Waals surface area contributed by atoms with Crippen molar-refractivity contribution >= 4 is 5.91 Å². The van der Waals surface area contributed by atoms with Crippen LogP contribution in [0.3, 0.4) is 0 Å². The van der Waals surface area contributed by atoms with Gasteiger partial charge in [0.2, 0.25) is 5.91 Å². The summed E-state index contributed by atoms with van der Waals surface area (Å²) in [4.78, 5) is 11.2. The second kappa shape index (κ2) is 7.37. The third-order valence-electron chi connectivity index (χ3n) is 2.23. The molecule has 14 heavy (non-hydrogen) atoms. The monoisotopic (exact) mass is 196 g/mol. The van der Waals surface area contributed by atoms with Crippen molar-refractivity contribution in [3.63, 3.8) is 0 Å². The van der Waals surface area contributed by atoms with Gasteiger partial charge in [-0.25, -0.2) is 0 Å². The lowest BCUT2D eigenvalue weighted by atomic mass is 9.92. The molecule has 3 nitrogen and oxygen atoms in total. The summed E-state index contributed by atoms with van der Waals surface area (Å²) in [6.07, 6.45) is 2.09. The summed E-state index contributed by atoms with van der Waals surface area (Å²) in [6.45, 7) is 6.78. The summed E-state index contributed by atoms with van der Waals surface area (Å²) in [5.41, 5.74) is 0. The van der Waals surface area contributed by atoms with E-state index in [-0.39, 0.29) is 11.8 Å². The van der Waals surface area contributed by atoms with Crippen LogP contribution in [-0.2, 0) is 4.79 Å². The van der Waals surface area contributed by atoms with Crippen LogP contribution in [0.1, 0.15) is 40.0 Å². The first-order valence-corrected chi connectivity index (χ1v) is 5.28. The topological polar surface area (TPSA) is 52.9 Å². The average Bonchev–Trinajstić information content (AvgIpc) is 2.15. The molecule has 0 spiro atoms. The van der Waals surface area contributed by atoms with Gasteiger partial charge in [0.1, 0.15) is 0 Å². The van der Waals surface area contributed by atoms with Gasteiger partial charge in [0.05, 0.1) is 6.07 Å². The Morgan fingerprint density at radius 2 is 2.14 bits per heavy atom. The van der Waals surface area contributed by atoms with Crippen LogP contribution in [0.4, 0.5) is 0 Å². The number of hydrogen-bond donors (Lipinski definition) is 1. The number of nitriles is 1. The molecule has 0 saturated heterocycles. The normalized spacial score (nSPS) is 12.2. The Labute approximate surface area is 86.5 Å². The highest BCUT2D eigenvalue weighted by atomic mass is 16.1. The molecule has 0 aromatic heterocycles. The second-order valence-electron chi connectivity index (χ2n) is 3.87. The van der Waals surface area contributed by atoms with Crippen LogP contribution in [0.2, 0.25) is 0 Å². The van der Waals surface area contributed by atoms with Crippen molar-refractivity contribution in [2.24, 2.45) is 11.8 Å². The van der Waals surface area contributed by atoms with Crippen LogP contribution < -0.4 is 5.32 Å². The minimum Gasteiger partial charge on any atom is -0.356 e. The van der Waals surface area contributed by atoms with E-state index in [0.717, 1.165) is 13.0 Å². The Hall–Kier alpha value is -1.04. The zero-order chi connectivity index (χ0) is 11.0. The van der Waals surface area contributed by atoms with Crippen molar-refractivity contribution < 1.29 is 4.79 Å². The van der Waals surface area contributed by atoms with E-state index in [2.05, 4.69) is 11.4 Å². The summed E-state index contributed by atoms with van der Waals surface area (Å²) in [6, 6.07) is 2.23. The Morgan fingerprint density at radius 1 is 1.50 bits per heavy atom. The Morgan fingerprint density at radius 3 is 2.57 bits per heavy atom. The third-order valence-corrected chi connectivity index (χ3v) is 2.23. The molecule has 80 valence electrons. The third kappa shape index (κ3) is 5.58. The van der Waals surface area contributed by atoms with Gasteiger partial charge < -0.3 is 5.32 Å². The fourth-order valence-electron chi connectivity index (χ4n) is 1.19. The summed E-state index contributed by atoms with van der Waals surface area (Å²) in [7, 11) is 0. The van der Waals surface area contributed by atoms with Gasteiger partial charge in [0.25, 0.3) is 0 Å². The minimum atomic E-state index is 0.00220. The van der Waals surface area contributed by atoms with E-state index < -0.39 is 0 Å². The van der Waals surface area contributed by atoms with Gasteiger partial charge in [-0.2, -0.15) is 5.26 Å². The SMILES string of the molecule is CCCNC(=O)CCC(C#N)C(C)C. The average molecular weight is 196 g/mol. The van der Waals surface area contributed by atoms with Gasteiger partial charge in [0, 0.05) is 18.9 Å². The van der Waals surface area contributed by atoms with Crippen molar-refractivity contribution in [1.29, 1.82) is 5.26 Å². The predicted molar refractivity (Wildman–Crippen MR) is 56.5 cm³/mol. The van der Waals surface area contributed by atoms with E-state index in [4.69, 9.17) is 5.26 Å². The van der Waals surface area contributed by atoms with Gasteiger partial charge in [-0.1, -0.05) is 20.8 Å². The highest BCUT2D eigenvalue weighted by Crippen LogP contribution is 2.15. The van der Waals surface area contributed by atoms with Gasteiger partial charge in [-0.3, -0.25) is 4.79 Å². The van der Waals surface area contributed by atoms with E-state index in [1.54, 1.807) is 0 Å². The highest BCUT2D eigenvalue weighted by Gasteiger charge is 2.13. The molecule has 1 unspecified atom stereocenters. The first kappa shape index (κ1) is 13.0. The smallest absolute Gasteiger partial charge is 0.220 e. The molecule has 0 aliphatic heterocycles. The first-order valence-electron chi connectivity index (χ1n) is 5.28. The van der Waals surface area contributed by atoms with E-state index in [1.165, 1.54) is 0 Å². The molecule has 0 heterocycles. The molecule has 0 rings (SSSR count). The maximum atomic E-state index is 11.2. The largest absolute Gasteiger partial charge is 0.356 e. The number of nitrogens with zero attached hydrogens (tertiary/aromatic N) is 1. The maximum Gasteiger partial charge on any atom is 0.220 e. The van der Waals surface area contributed by atoms with Crippen molar-refractivity contribution in [1.82, 2.24) is 5.32 Å². The van der Waals surface area contributed by atoms with Crippen LogP contribution in [0.5, 0.6) is 0 Å². The summed E-state index contributed by atoms with van der Waals surface area (Å²) < 4.78 is 0. The molecule has 0 fully saturated rings. The first-order chi connectivity index (χ1) is 6.61. The molecular formula is C11H20N2O. The molecule has 0 aromatic carbocycles. The van der Waals surface area contributed by atoms with Crippen LogP contribution in [0.15, 0.2) is 0 Å². The fraction of sp³-hybridized carbons (Fsp3) is 0.818. The van der Waals surface area contributed by atoms with Crippen LogP contribution >= 0.6 is 0 Å². The van der Waals surface area contributed by atoms with Crippen LogP contribution in [0, 0.1) is 23.2 Å². The molecule has 0 bridgehead atoms. The van der Waals surface area contributed by atoms with Crippen molar-refractivity contribution in [2.75, 3.05) is 6.54 Å². The van der Waals surface area contributed by atoms with Crippen molar-refractivity contribution in [3.8, 4) is 6.07 Å². The highest BCUT2D eigenvalue weighted by molar-refractivity contribution is 5.75. The number of nitrogens with one attached hydrogen (secondary N) is 1. The maximum absolute atomic E-state index is 11.2. The lowest BCUT2D eigenvalue weighted by Crippen LogP contribution is -2.24. The lowest BCUT2D eigenvalue weighted by molar-refractivity contribution is -0.121. The molecule has 0 saturated carbocycles. The van der Waals surface area contributed by atoms with Crippen LogP contribution in [-0.4, -0.2) is 12.5 Å². The molecule has 3 heteroatoms. The molecular weight excluding hydrogens is 176 g/mol. The van der Waals surface area contributed by atoms with E-state index >= 15 is 0 Å². The number of carbonyl (C=O) groups is 1. The second-order valence-corrected chi connectivity index (χ2v) is 3.87.